The molecule has 0 heterocycles. The Labute approximate surface area is 138 Å². The molecule has 4 nitrogen and oxygen atoms in total. The van der Waals surface area contributed by atoms with Crippen molar-refractivity contribution in [1.29, 1.82) is 0 Å². The van der Waals surface area contributed by atoms with Crippen LogP contribution >= 0.6 is 12.4 Å². The van der Waals surface area contributed by atoms with Crippen molar-refractivity contribution in [3.05, 3.63) is 42.5 Å². The summed E-state index contributed by atoms with van der Waals surface area (Å²) in [5.74, 6) is 1.73. The number of halogens is 1. The number of amides is 1. The van der Waals surface area contributed by atoms with Gasteiger partial charge in [-0.1, -0.05) is 18.2 Å². The maximum atomic E-state index is 12.3. The number of ether oxygens (including phenoxy) is 1. The van der Waals surface area contributed by atoms with Crippen LogP contribution in [-0.2, 0) is 11.3 Å². The van der Waals surface area contributed by atoms with Crippen LogP contribution in [-0.4, -0.2) is 37.6 Å². The third kappa shape index (κ3) is 6.08. The number of hydrogen-bond acceptors (Lipinski definition) is 3. The number of carbonyl (C=O) groups is 1. The van der Waals surface area contributed by atoms with E-state index in [9.17, 15) is 4.79 Å². The Morgan fingerprint density at radius 1 is 1.41 bits per heavy atom. The van der Waals surface area contributed by atoms with Gasteiger partial charge in [-0.15, -0.1) is 19.0 Å². The van der Waals surface area contributed by atoms with Crippen LogP contribution in [0.15, 0.2) is 36.9 Å². The zero-order chi connectivity index (χ0) is 15.1. The minimum atomic E-state index is 0. The lowest BCUT2D eigenvalue weighted by atomic mass is 10.2. The van der Waals surface area contributed by atoms with Crippen molar-refractivity contribution in [2.24, 2.45) is 5.92 Å². The summed E-state index contributed by atoms with van der Waals surface area (Å²) in [4.78, 5) is 14.1. The van der Waals surface area contributed by atoms with Gasteiger partial charge in [0.1, 0.15) is 5.75 Å². The molecule has 0 atom stereocenters. The van der Waals surface area contributed by atoms with Gasteiger partial charge in [0.2, 0.25) is 5.91 Å². The predicted octanol–water partition coefficient (Wildman–Crippen LogP) is 2.63. The van der Waals surface area contributed by atoms with Crippen molar-refractivity contribution in [2.75, 3.05) is 26.7 Å². The molecule has 0 aliphatic heterocycles. The summed E-state index contributed by atoms with van der Waals surface area (Å²) >= 11 is 0. The number of carbonyl (C=O) groups excluding carboxylic acids is 1. The average Bonchev–Trinajstić information content (AvgIpc) is 3.31. The third-order valence-electron chi connectivity index (χ3n) is 3.64. The van der Waals surface area contributed by atoms with E-state index >= 15 is 0 Å². The van der Waals surface area contributed by atoms with Gasteiger partial charge in [-0.3, -0.25) is 4.79 Å². The smallest absolute Gasteiger partial charge is 0.237 e. The van der Waals surface area contributed by atoms with Gasteiger partial charge >= 0.3 is 0 Å². The highest BCUT2D eigenvalue weighted by Crippen LogP contribution is 2.27. The molecule has 1 N–H and O–H groups in total. The van der Waals surface area contributed by atoms with Gasteiger partial charge in [-0.2, -0.15) is 0 Å². The largest absolute Gasteiger partial charge is 0.497 e. The average molecular weight is 325 g/mol. The van der Waals surface area contributed by atoms with Gasteiger partial charge < -0.3 is 15.0 Å². The highest BCUT2D eigenvalue weighted by Gasteiger charge is 2.21. The highest BCUT2D eigenvalue weighted by molar-refractivity contribution is 5.85. The summed E-state index contributed by atoms with van der Waals surface area (Å²) in [7, 11) is 1.65. The minimum absolute atomic E-state index is 0. The van der Waals surface area contributed by atoms with Gasteiger partial charge in [-0.25, -0.2) is 0 Å². The van der Waals surface area contributed by atoms with Gasteiger partial charge in [0.05, 0.1) is 13.7 Å². The normalized spacial score (nSPS) is 13.1. The number of rotatable bonds is 9. The van der Waals surface area contributed by atoms with Gasteiger partial charge in [0.25, 0.3) is 0 Å². The second kappa shape index (κ2) is 9.49. The molecule has 0 aromatic heterocycles. The standard InChI is InChI=1S/C17H24N2O2.ClH/c1-3-10-19(17(20)12-18-11-14-4-5-14)13-15-6-8-16(21-2)9-7-15;/h3,6-9,14,18H,1,4-5,10-13H2,2H3;1H. The molecule has 0 spiro atoms. The zero-order valence-corrected chi connectivity index (χ0v) is 13.9. The number of benzene rings is 1. The lowest BCUT2D eigenvalue weighted by Crippen LogP contribution is -2.38. The number of nitrogens with zero attached hydrogens (tertiary/aromatic N) is 1. The Balaban J connectivity index is 0.00000242. The second-order valence-electron chi connectivity index (χ2n) is 5.49. The molecule has 0 radical (unpaired) electrons. The van der Waals surface area contributed by atoms with Gasteiger partial charge in [-0.05, 0) is 43.0 Å². The fourth-order valence-electron chi connectivity index (χ4n) is 2.18. The molecular weight excluding hydrogens is 300 g/mol. The molecule has 0 bridgehead atoms. The lowest BCUT2D eigenvalue weighted by Gasteiger charge is -2.21. The summed E-state index contributed by atoms with van der Waals surface area (Å²) in [6.07, 6.45) is 4.36. The first kappa shape index (κ1) is 18.5. The van der Waals surface area contributed by atoms with Crippen molar-refractivity contribution in [1.82, 2.24) is 10.2 Å². The van der Waals surface area contributed by atoms with E-state index < -0.39 is 0 Å². The predicted molar refractivity (Wildman–Crippen MR) is 91.4 cm³/mol. The summed E-state index contributed by atoms with van der Waals surface area (Å²) in [6.45, 7) is 6.26. The molecule has 1 aromatic carbocycles. The second-order valence-corrected chi connectivity index (χ2v) is 5.49. The minimum Gasteiger partial charge on any atom is -0.497 e. The Bertz CT molecular complexity index is 472. The van der Waals surface area contributed by atoms with Gasteiger partial charge in [0.15, 0.2) is 0 Å². The van der Waals surface area contributed by atoms with E-state index in [0.717, 1.165) is 23.8 Å². The van der Waals surface area contributed by atoms with E-state index in [4.69, 9.17) is 4.74 Å². The van der Waals surface area contributed by atoms with Crippen LogP contribution in [0.1, 0.15) is 18.4 Å². The maximum Gasteiger partial charge on any atom is 0.237 e. The SMILES string of the molecule is C=CCN(Cc1ccc(OC)cc1)C(=O)CNCC1CC1.Cl. The van der Waals surface area contributed by atoms with Crippen molar-refractivity contribution >= 4 is 18.3 Å². The first-order valence-corrected chi connectivity index (χ1v) is 7.45. The van der Waals surface area contributed by atoms with E-state index in [0.29, 0.717) is 19.6 Å². The van der Waals surface area contributed by atoms with Gasteiger partial charge in [0, 0.05) is 13.1 Å². The number of nitrogens with one attached hydrogen (secondary N) is 1. The lowest BCUT2D eigenvalue weighted by molar-refractivity contribution is -0.130. The van der Waals surface area contributed by atoms with Crippen molar-refractivity contribution < 1.29 is 9.53 Å². The summed E-state index contributed by atoms with van der Waals surface area (Å²) < 4.78 is 5.14. The molecule has 5 heteroatoms. The fourth-order valence-corrected chi connectivity index (χ4v) is 2.18. The molecular formula is C17H25ClN2O2. The van der Waals surface area contributed by atoms with E-state index in [2.05, 4.69) is 11.9 Å². The molecule has 0 saturated heterocycles. The number of hydrogen-bond donors (Lipinski definition) is 1. The topological polar surface area (TPSA) is 41.6 Å². The quantitative estimate of drug-likeness (QED) is 0.710. The molecule has 1 amide bonds. The van der Waals surface area contributed by atoms with Crippen LogP contribution in [0.4, 0.5) is 0 Å². The summed E-state index contributed by atoms with van der Waals surface area (Å²) in [5, 5.41) is 3.24. The van der Waals surface area contributed by atoms with Crippen LogP contribution < -0.4 is 10.1 Å². The Morgan fingerprint density at radius 2 is 2.09 bits per heavy atom. The van der Waals surface area contributed by atoms with E-state index in [1.54, 1.807) is 13.2 Å². The molecule has 0 unspecified atom stereocenters. The molecule has 1 aliphatic rings. The monoisotopic (exact) mass is 324 g/mol. The van der Waals surface area contributed by atoms with Crippen LogP contribution in [0.25, 0.3) is 0 Å². The van der Waals surface area contributed by atoms with Crippen molar-refractivity contribution in [2.45, 2.75) is 19.4 Å². The Morgan fingerprint density at radius 3 is 2.64 bits per heavy atom. The van der Waals surface area contributed by atoms with E-state index in [1.807, 2.05) is 29.2 Å². The molecule has 1 aliphatic carbocycles. The van der Waals surface area contributed by atoms with Crippen LogP contribution in [0.3, 0.4) is 0 Å². The highest BCUT2D eigenvalue weighted by atomic mass is 35.5. The zero-order valence-electron chi connectivity index (χ0n) is 13.1. The van der Waals surface area contributed by atoms with Crippen molar-refractivity contribution in [3.8, 4) is 5.75 Å². The van der Waals surface area contributed by atoms with Crippen LogP contribution in [0.5, 0.6) is 5.75 Å². The summed E-state index contributed by atoms with van der Waals surface area (Å²) in [6, 6.07) is 7.80. The molecule has 1 fully saturated rings. The Kier molecular flexibility index (Phi) is 7.99. The molecule has 2 rings (SSSR count). The molecule has 22 heavy (non-hydrogen) atoms. The first-order chi connectivity index (χ1) is 10.2. The number of methoxy groups -OCH3 is 1. The van der Waals surface area contributed by atoms with E-state index in [-0.39, 0.29) is 18.3 Å². The third-order valence-corrected chi connectivity index (χ3v) is 3.64. The van der Waals surface area contributed by atoms with E-state index in [1.165, 1.54) is 12.8 Å². The molecule has 122 valence electrons. The fraction of sp³-hybridized carbons (Fsp3) is 0.471. The summed E-state index contributed by atoms with van der Waals surface area (Å²) in [5.41, 5.74) is 1.09. The molecule has 1 saturated carbocycles. The van der Waals surface area contributed by atoms with Crippen LogP contribution in [0.2, 0.25) is 0 Å². The molecule has 1 aromatic rings. The Hall–Kier alpha value is -1.52. The first-order valence-electron chi connectivity index (χ1n) is 7.45. The van der Waals surface area contributed by atoms with Crippen LogP contribution in [0, 0.1) is 5.92 Å². The van der Waals surface area contributed by atoms with Crippen molar-refractivity contribution in [3.63, 3.8) is 0 Å². The maximum absolute atomic E-state index is 12.3.